The highest BCUT2D eigenvalue weighted by Crippen LogP contribution is 2.19. The predicted octanol–water partition coefficient (Wildman–Crippen LogP) is 0.992. The minimum atomic E-state index is -0.477. The van der Waals surface area contributed by atoms with E-state index in [2.05, 4.69) is 15.4 Å². The number of carbonyl (C=O) groups excluding carboxylic acids is 1. The molecule has 2 aromatic rings. The van der Waals surface area contributed by atoms with Crippen molar-refractivity contribution in [3.05, 3.63) is 41.2 Å². The minimum absolute atomic E-state index is 0.00265. The van der Waals surface area contributed by atoms with Crippen molar-refractivity contribution in [1.82, 2.24) is 25.0 Å². The van der Waals surface area contributed by atoms with Gasteiger partial charge in [0.05, 0.1) is 23.8 Å². The molecule has 1 aliphatic heterocycles. The summed E-state index contributed by atoms with van der Waals surface area (Å²) in [5.41, 5.74) is 0.635. The van der Waals surface area contributed by atoms with Gasteiger partial charge < -0.3 is 5.32 Å². The maximum absolute atomic E-state index is 13.2. The molecule has 0 spiro atoms. The Bertz CT molecular complexity index is 674. The minimum Gasteiger partial charge on any atom is -0.354 e. The van der Waals surface area contributed by atoms with Crippen LogP contribution in [0, 0.1) is 5.82 Å². The SMILES string of the molecule is O=C1CN(Cc2ncnn2-c2ccc(F)c(Cl)c2)CCN1. The fourth-order valence-corrected chi connectivity index (χ4v) is 2.41. The summed E-state index contributed by atoms with van der Waals surface area (Å²) < 4.78 is 14.8. The number of carbonyl (C=O) groups is 1. The van der Waals surface area contributed by atoms with Gasteiger partial charge in [-0.05, 0) is 18.2 Å². The van der Waals surface area contributed by atoms with Gasteiger partial charge in [-0.25, -0.2) is 14.1 Å². The van der Waals surface area contributed by atoms with Gasteiger partial charge in [-0.2, -0.15) is 5.10 Å². The normalized spacial score (nSPS) is 16.0. The topological polar surface area (TPSA) is 63.1 Å². The third-order valence-corrected chi connectivity index (χ3v) is 3.54. The molecule has 0 unspecified atom stereocenters. The lowest BCUT2D eigenvalue weighted by Gasteiger charge is -2.25. The third kappa shape index (κ3) is 3.03. The van der Waals surface area contributed by atoms with E-state index >= 15 is 0 Å². The summed E-state index contributed by atoms with van der Waals surface area (Å²) in [5, 5.41) is 6.94. The van der Waals surface area contributed by atoms with Crippen LogP contribution in [0.1, 0.15) is 5.82 Å². The van der Waals surface area contributed by atoms with Gasteiger partial charge in [-0.1, -0.05) is 11.6 Å². The van der Waals surface area contributed by atoms with E-state index in [1.807, 2.05) is 4.90 Å². The summed E-state index contributed by atoms with van der Waals surface area (Å²) in [5.74, 6) is 0.194. The average Bonchev–Trinajstić information content (AvgIpc) is 2.90. The molecule has 8 heteroatoms. The van der Waals surface area contributed by atoms with E-state index in [9.17, 15) is 9.18 Å². The van der Waals surface area contributed by atoms with Gasteiger partial charge >= 0.3 is 0 Å². The van der Waals surface area contributed by atoms with E-state index in [1.165, 1.54) is 18.5 Å². The highest BCUT2D eigenvalue weighted by atomic mass is 35.5. The first-order chi connectivity index (χ1) is 10.1. The molecule has 1 aliphatic rings. The fraction of sp³-hybridized carbons (Fsp3) is 0.308. The second-order valence-corrected chi connectivity index (χ2v) is 5.15. The molecule has 1 saturated heterocycles. The number of aromatic nitrogens is 3. The van der Waals surface area contributed by atoms with Gasteiger partial charge in [0.15, 0.2) is 0 Å². The number of hydrogen-bond acceptors (Lipinski definition) is 4. The van der Waals surface area contributed by atoms with Crippen molar-refractivity contribution in [2.24, 2.45) is 0 Å². The highest BCUT2D eigenvalue weighted by Gasteiger charge is 2.19. The molecule has 1 aromatic heterocycles. The molecular weight excluding hydrogens is 297 g/mol. The van der Waals surface area contributed by atoms with Crippen LogP contribution in [0.5, 0.6) is 0 Å². The van der Waals surface area contributed by atoms with Gasteiger partial charge in [0, 0.05) is 13.1 Å². The second kappa shape index (κ2) is 5.79. The Balaban J connectivity index is 1.83. The van der Waals surface area contributed by atoms with E-state index < -0.39 is 5.82 Å². The Morgan fingerprint density at radius 2 is 2.29 bits per heavy atom. The zero-order valence-electron chi connectivity index (χ0n) is 11.1. The number of nitrogens with zero attached hydrogens (tertiary/aromatic N) is 4. The van der Waals surface area contributed by atoms with Crippen LogP contribution >= 0.6 is 11.6 Å². The number of nitrogens with one attached hydrogen (secondary N) is 1. The molecule has 3 rings (SSSR count). The number of benzene rings is 1. The first kappa shape index (κ1) is 14.0. The second-order valence-electron chi connectivity index (χ2n) is 4.75. The van der Waals surface area contributed by atoms with E-state index in [1.54, 1.807) is 10.7 Å². The fourth-order valence-electron chi connectivity index (χ4n) is 2.23. The van der Waals surface area contributed by atoms with E-state index in [0.29, 0.717) is 31.1 Å². The van der Waals surface area contributed by atoms with E-state index in [4.69, 9.17) is 11.6 Å². The molecule has 1 N–H and O–H groups in total. The lowest BCUT2D eigenvalue weighted by Crippen LogP contribution is -2.47. The zero-order valence-corrected chi connectivity index (χ0v) is 11.8. The van der Waals surface area contributed by atoms with Crippen molar-refractivity contribution in [3.63, 3.8) is 0 Å². The largest absolute Gasteiger partial charge is 0.354 e. The summed E-state index contributed by atoms with van der Waals surface area (Å²) in [6.45, 7) is 2.19. The van der Waals surface area contributed by atoms with Gasteiger partial charge in [0.2, 0.25) is 5.91 Å². The number of hydrogen-bond donors (Lipinski definition) is 1. The summed E-state index contributed by atoms with van der Waals surface area (Å²) in [6, 6.07) is 4.37. The van der Waals surface area contributed by atoms with Crippen molar-refractivity contribution in [1.29, 1.82) is 0 Å². The smallest absolute Gasteiger partial charge is 0.234 e. The van der Waals surface area contributed by atoms with Crippen molar-refractivity contribution in [2.75, 3.05) is 19.6 Å². The molecule has 0 saturated carbocycles. The molecule has 0 radical (unpaired) electrons. The van der Waals surface area contributed by atoms with Gasteiger partial charge in [0.1, 0.15) is 18.0 Å². The Morgan fingerprint density at radius 3 is 3.05 bits per heavy atom. The summed E-state index contributed by atoms with van der Waals surface area (Å²) in [6.07, 6.45) is 1.43. The van der Waals surface area contributed by atoms with Gasteiger partial charge in [-0.3, -0.25) is 9.69 Å². The van der Waals surface area contributed by atoms with Crippen molar-refractivity contribution in [2.45, 2.75) is 6.54 Å². The maximum atomic E-state index is 13.2. The lowest BCUT2D eigenvalue weighted by molar-refractivity contribution is -0.124. The molecule has 21 heavy (non-hydrogen) atoms. The van der Waals surface area contributed by atoms with Crippen LogP contribution in [0.15, 0.2) is 24.5 Å². The Kier molecular flexibility index (Phi) is 3.85. The van der Waals surface area contributed by atoms with Crippen molar-refractivity contribution in [3.8, 4) is 5.69 Å². The van der Waals surface area contributed by atoms with Crippen molar-refractivity contribution >= 4 is 17.5 Å². The summed E-state index contributed by atoms with van der Waals surface area (Å²) in [4.78, 5) is 17.6. The molecule has 110 valence electrons. The van der Waals surface area contributed by atoms with Crippen LogP contribution in [-0.4, -0.2) is 45.2 Å². The monoisotopic (exact) mass is 309 g/mol. The van der Waals surface area contributed by atoms with Crippen LogP contribution in [0.4, 0.5) is 4.39 Å². The van der Waals surface area contributed by atoms with Gasteiger partial charge in [0.25, 0.3) is 0 Å². The number of amides is 1. The Labute approximate surface area is 125 Å². The van der Waals surface area contributed by atoms with Crippen LogP contribution in [0.3, 0.4) is 0 Å². The molecular formula is C13H13ClFN5O. The van der Waals surface area contributed by atoms with E-state index in [0.717, 1.165) is 6.54 Å². The van der Waals surface area contributed by atoms with Crippen molar-refractivity contribution < 1.29 is 9.18 Å². The maximum Gasteiger partial charge on any atom is 0.234 e. The standard InChI is InChI=1S/C13H13ClFN5O/c14-10-5-9(1-2-11(10)15)20-12(17-8-18-20)6-19-4-3-16-13(21)7-19/h1-2,5,8H,3-4,6-7H2,(H,16,21). The molecule has 1 amide bonds. The number of piperazine rings is 1. The number of rotatable bonds is 3. The molecule has 1 aromatic carbocycles. The Hall–Kier alpha value is -1.99. The molecule has 0 aliphatic carbocycles. The molecule has 2 heterocycles. The van der Waals surface area contributed by atoms with Crippen LogP contribution in [-0.2, 0) is 11.3 Å². The predicted molar refractivity (Wildman–Crippen MR) is 74.6 cm³/mol. The first-order valence-electron chi connectivity index (χ1n) is 6.47. The quantitative estimate of drug-likeness (QED) is 0.918. The highest BCUT2D eigenvalue weighted by molar-refractivity contribution is 6.30. The first-order valence-corrected chi connectivity index (χ1v) is 6.84. The van der Waals surface area contributed by atoms with Crippen LogP contribution in [0.2, 0.25) is 5.02 Å². The molecule has 0 atom stereocenters. The van der Waals surface area contributed by atoms with Gasteiger partial charge in [-0.15, -0.1) is 0 Å². The number of halogens is 2. The molecule has 1 fully saturated rings. The third-order valence-electron chi connectivity index (χ3n) is 3.25. The average molecular weight is 310 g/mol. The molecule has 0 bridgehead atoms. The van der Waals surface area contributed by atoms with Crippen LogP contribution in [0.25, 0.3) is 5.69 Å². The van der Waals surface area contributed by atoms with Crippen LogP contribution < -0.4 is 5.32 Å². The lowest BCUT2D eigenvalue weighted by atomic mass is 10.3. The molecule has 6 nitrogen and oxygen atoms in total. The summed E-state index contributed by atoms with van der Waals surface area (Å²) >= 11 is 5.79. The Morgan fingerprint density at radius 1 is 1.43 bits per heavy atom. The summed E-state index contributed by atoms with van der Waals surface area (Å²) in [7, 11) is 0. The van der Waals surface area contributed by atoms with E-state index in [-0.39, 0.29) is 10.9 Å². The zero-order chi connectivity index (χ0) is 14.8.